The maximum atomic E-state index is 13.2. The van der Waals surface area contributed by atoms with Gasteiger partial charge in [0.05, 0.1) is 34.1 Å². The van der Waals surface area contributed by atoms with E-state index in [-0.39, 0.29) is 28.9 Å². The zero-order valence-electron chi connectivity index (χ0n) is 22.4. The van der Waals surface area contributed by atoms with Crippen LogP contribution in [0.4, 0.5) is 34.5 Å². The summed E-state index contributed by atoms with van der Waals surface area (Å²) in [6.07, 6.45) is 1.02. The van der Waals surface area contributed by atoms with Gasteiger partial charge < -0.3 is 20.5 Å². The van der Waals surface area contributed by atoms with Crippen LogP contribution >= 0.6 is 11.3 Å². The van der Waals surface area contributed by atoms with E-state index in [2.05, 4.69) is 25.6 Å². The van der Waals surface area contributed by atoms with Gasteiger partial charge >= 0.3 is 18.2 Å². The number of alkyl halides is 3. The second kappa shape index (κ2) is 11.4. The summed E-state index contributed by atoms with van der Waals surface area (Å²) in [5, 5.41) is 15.8. The number of thiazole rings is 1. The molecule has 0 atom stereocenters. The van der Waals surface area contributed by atoms with Crippen LogP contribution in [-0.4, -0.2) is 38.5 Å². The molecule has 0 aliphatic carbocycles. The van der Waals surface area contributed by atoms with Crippen molar-refractivity contribution < 1.29 is 32.6 Å². The second-order valence-electron chi connectivity index (χ2n) is 9.93. The quantitative estimate of drug-likeness (QED) is 0.224. The standard InChI is InChI=1S/C28H25F3N6O4S/c1-27(2,40)20-10-7-17(28(29,30)31)12-21(20)36-24(39)35-18-13-32-25(33-14-18)41-19-8-5-16(6-9-19)22-15-34-26(42-22)37-11-3-4-23(37)38/h5-10,12-15,40H,3-4,11H2,1-2H3,(H2,35,36,39). The molecule has 5 rings (SSSR count). The van der Waals surface area contributed by atoms with Crippen LogP contribution in [0.5, 0.6) is 11.8 Å². The number of hydrogen-bond acceptors (Lipinski definition) is 8. The highest BCUT2D eigenvalue weighted by molar-refractivity contribution is 7.19. The number of carbonyl (C=O) groups is 2. The molecule has 0 spiro atoms. The van der Waals surface area contributed by atoms with E-state index >= 15 is 0 Å². The van der Waals surface area contributed by atoms with Gasteiger partial charge in [0.2, 0.25) is 5.91 Å². The molecular formula is C28H25F3N6O4S. The summed E-state index contributed by atoms with van der Waals surface area (Å²) in [6.45, 7) is 3.47. The molecule has 10 nitrogen and oxygen atoms in total. The Kier molecular flexibility index (Phi) is 7.84. The predicted octanol–water partition coefficient (Wildman–Crippen LogP) is 6.41. The maximum absolute atomic E-state index is 13.2. The first-order valence-corrected chi connectivity index (χ1v) is 13.6. The molecule has 218 valence electrons. The van der Waals surface area contributed by atoms with E-state index in [0.717, 1.165) is 35.1 Å². The molecule has 0 bridgehead atoms. The first-order chi connectivity index (χ1) is 19.9. The number of hydrogen-bond donors (Lipinski definition) is 3. The summed E-state index contributed by atoms with van der Waals surface area (Å²) in [5.41, 5.74) is -1.52. The molecular weight excluding hydrogens is 573 g/mol. The molecule has 2 aromatic heterocycles. The Hall–Kier alpha value is -4.56. The smallest absolute Gasteiger partial charge is 0.416 e. The largest absolute Gasteiger partial charge is 0.424 e. The van der Waals surface area contributed by atoms with Crippen LogP contribution < -0.4 is 20.3 Å². The van der Waals surface area contributed by atoms with Gasteiger partial charge in [0.1, 0.15) is 5.75 Å². The zero-order chi connectivity index (χ0) is 30.1. The average molecular weight is 599 g/mol. The van der Waals surface area contributed by atoms with Crippen LogP contribution in [0.25, 0.3) is 10.4 Å². The van der Waals surface area contributed by atoms with Gasteiger partial charge in [-0.3, -0.25) is 9.69 Å². The highest BCUT2D eigenvalue weighted by Crippen LogP contribution is 2.36. The molecule has 3 heterocycles. The van der Waals surface area contributed by atoms with Crippen molar-refractivity contribution in [2.24, 2.45) is 0 Å². The van der Waals surface area contributed by atoms with Crippen molar-refractivity contribution in [2.75, 3.05) is 22.1 Å². The molecule has 3 amide bonds. The Bertz CT molecular complexity index is 1600. The van der Waals surface area contributed by atoms with Crippen molar-refractivity contribution in [3.05, 3.63) is 72.2 Å². The summed E-state index contributed by atoms with van der Waals surface area (Å²) in [5.74, 6) is 0.539. The summed E-state index contributed by atoms with van der Waals surface area (Å²) in [4.78, 5) is 39.6. The van der Waals surface area contributed by atoms with Crippen molar-refractivity contribution in [3.8, 4) is 22.2 Å². The van der Waals surface area contributed by atoms with Gasteiger partial charge in [0.25, 0.3) is 0 Å². The van der Waals surface area contributed by atoms with Crippen LogP contribution in [0.3, 0.4) is 0 Å². The fourth-order valence-electron chi connectivity index (χ4n) is 4.24. The van der Waals surface area contributed by atoms with E-state index in [9.17, 15) is 27.9 Å². The Labute approximate surface area is 242 Å². The second-order valence-corrected chi connectivity index (χ2v) is 10.9. The fraction of sp³-hybridized carbons (Fsp3) is 0.250. The Morgan fingerprint density at radius 2 is 1.74 bits per heavy atom. The number of aliphatic hydroxyl groups is 1. The number of aromatic nitrogens is 3. The average Bonchev–Trinajstić information content (AvgIpc) is 3.58. The minimum atomic E-state index is -4.63. The maximum Gasteiger partial charge on any atom is 0.416 e. The molecule has 3 N–H and O–H groups in total. The number of nitrogens with one attached hydrogen (secondary N) is 2. The van der Waals surface area contributed by atoms with Gasteiger partial charge in [-0.25, -0.2) is 19.7 Å². The topological polar surface area (TPSA) is 130 Å². The Morgan fingerprint density at radius 3 is 2.36 bits per heavy atom. The number of halogens is 3. The summed E-state index contributed by atoms with van der Waals surface area (Å²) in [6, 6.07) is 9.01. The van der Waals surface area contributed by atoms with Gasteiger partial charge in [-0.15, -0.1) is 0 Å². The minimum Gasteiger partial charge on any atom is -0.424 e. The normalized spacial score (nSPS) is 13.8. The fourth-order valence-corrected chi connectivity index (χ4v) is 5.21. The number of rotatable bonds is 7. The number of benzene rings is 2. The number of anilines is 3. The molecule has 0 unspecified atom stereocenters. The number of urea groups is 1. The van der Waals surface area contributed by atoms with Gasteiger partial charge in [-0.2, -0.15) is 13.2 Å². The van der Waals surface area contributed by atoms with E-state index in [4.69, 9.17) is 4.74 Å². The highest BCUT2D eigenvalue weighted by Gasteiger charge is 2.33. The zero-order valence-corrected chi connectivity index (χ0v) is 23.2. The molecule has 1 fully saturated rings. The van der Waals surface area contributed by atoms with E-state index in [1.807, 2.05) is 12.1 Å². The number of nitrogens with zero attached hydrogens (tertiary/aromatic N) is 4. The number of amides is 3. The molecule has 4 aromatic rings. The van der Waals surface area contributed by atoms with E-state index in [1.165, 1.54) is 37.6 Å². The first-order valence-electron chi connectivity index (χ1n) is 12.8. The van der Waals surface area contributed by atoms with Crippen molar-refractivity contribution in [3.63, 3.8) is 0 Å². The molecule has 1 aliphatic rings. The molecule has 42 heavy (non-hydrogen) atoms. The molecule has 14 heteroatoms. The van der Waals surface area contributed by atoms with Crippen molar-refractivity contribution in [1.82, 2.24) is 15.0 Å². The van der Waals surface area contributed by atoms with Crippen LogP contribution in [0.15, 0.2) is 61.1 Å². The third-order valence-electron chi connectivity index (χ3n) is 6.29. The van der Waals surface area contributed by atoms with Crippen LogP contribution in [0.2, 0.25) is 0 Å². The molecule has 2 aromatic carbocycles. The Balaban J connectivity index is 1.20. The van der Waals surface area contributed by atoms with Crippen LogP contribution in [0, 0.1) is 0 Å². The molecule has 1 saturated heterocycles. The Morgan fingerprint density at radius 1 is 1.02 bits per heavy atom. The number of carbonyl (C=O) groups excluding carboxylic acids is 2. The van der Waals surface area contributed by atoms with Crippen molar-refractivity contribution in [2.45, 2.75) is 38.5 Å². The van der Waals surface area contributed by atoms with Crippen molar-refractivity contribution in [1.29, 1.82) is 0 Å². The third kappa shape index (κ3) is 6.66. The van der Waals surface area contributed by atoms with Gasteiger partial charge in [0, 0.05) is 30.4 Å². The lowest BCUT2D eigenvalue weighted by Gasteiger charge is -2.23. The molecule has 1 aliphatic heterocycles. The van der Waals surface area contributed by atoms with Crippen LogP contribution in [0.1, 0.15) is 37.8 Å². The summed E-state index contributed by atoms with van der Waals surface area (Å²) in [7, 11) is 0. The lowest BCUT2D eigenvalue weighted by Crippen LogP contribution is -2.24. The monoisotopic (exact) mass is 598 g/mol. The van der Waals surface area contributed by atoms with Crippen molar-refractivity contribution >= 4 is 39.8 Å². The lowest BCUT2D eigenvalue weighted by atomic mass is 9.95. The third-order valence-corrected chi connectivity index (χ3v) is 7.36. The van der Waals surface area contributed by atoms with Crippen LogP contribution in [-0.2, 0) is 16.6 Å². The first kappa shape index (κ1) is 29.0. The highest BCUT2D eigenvalue weighted by atomic mass is 32.1. The minimum absolute atomic E-state index is 0.00326. The van der Waals surface area contributed by atoms with Gasteiger partial charge in [-0.05, 0) is 62.2 Å². The molecule has 0 saturated carbocycles. The van der Waals surface area contributed by atoms with E-state index < -0.39 is 23.4 Å². The number of ether oxygens (including phenoxy) is 1. The van der Waals surface area contributed by atoms with Gasteiger partial charge in [0.15, 0.2) is 5.13 Å². The van der Waals surface area contributed by atoms with E-state index in [0.29, 0.717) is 23.8 Å². The predicted molar refractivity (Wildman–Crippen MR) is 151 cm³/mol. The summed E-state index contributed by atoms with van der Waals surface area (Å²) >= 11 is 1.43. The lowest BCUT2D eigenvalue weighted by molar-refractivity contribution is -0.137. The SMILES string of the molecule is CC(C)(O)c1ccc(C(F)(F)F)cc1NC(=O)Nc1cnc(Oc2ccc(-c3cnc(N4CCCC4=O)s3)cc2)nc1. The molecule has 0 radical (unpaired) electrons. The van der Waals surface area contributed by atoms with E-state index in [1.54, 1.807) is 23.2 Å². The summed E-state index contributed by atoms with van der Waals surface area (Å²) < 4.78 is 45.3. The van der Waals surface area contributed by atoms with Gasteiger partial charge in [-0.1, -0.05) is 17.4 Å².